The lowest BCUT2D eigenvalue weighted by atomic mass is 10.1. The maximum Gasteiger partial charge on any atom is 0.195 e. The minimum absolute atomic E-state index is 0.700. The summed E-state index contributed by atoms with van der Waals surface area (Å²) in [5.74, 6) is 2.53. The predicted octanol–water partition coefficient (Wildman–Crippen LogP) is 3.59. The molecule has 1 saturated heterocycles. The van der Waals surface area contributed by atoms with Crippen LogP contribution in [0.4, 0.5) is 5.82 Å². The summed E-state index contributed by atoms with van der Waals surface area (Å²) < 4.78 is 5.79. The number of benzene rings is 1. The largest absolute Gasteiger partial charge is 0.441 e. The molecule has 1 N–H and O–H groups in total. The highest BCUT2D eigenvalue weighted by Crippen LogP contribution is 2.19. The van der Waals surface area contributed by atoms with Gasteiger partial charge in [-0.1, -0.05) is 18.2 Å². The molecule has 1 fully saturated rings. The van der Waals surface area contributed by atoms with Crippen LogP contribution >= 0.6 is 0 Å². The molecule has 1 aliphatic heterocycles. The van der Waals surface area contributed by atoms with Crippen molar-refractivity contribution >= 4 is 16.9 Å². The van der Waals surface area contributed by atoms with E-state index in [0.717, 1.165) is 55.3 Å². The Hall–Kier alpha value is -2.40. The van der Waals surface area contributed by atoms with Crippen molar-refractivity contribution < 1.29 is 4.42 Å². The maximum absolute atomic E-state index is 5.79. The van der Waals surface area contributed by atoms with Crippen LogP contribution in [0.2, 0.25) is 0 Å². The smallest absolute Gasteiger partial charge is 0.195 e. The van der Waals surface area contributed by atoms with Gasteiger partial charge in [-0.05, 0) is 56.1 Å². The first kappa shape index (κ1) is 16.1. The number of anilines is 1. The minimum Gasteiger partial charge on any atom is -0.441 e. The highest BCUT2D eigenvalue weighted by Gasteiger charge is 2.22. The molecule has 3 aromatic rings. The molecule has 0 spiro atoms. The van der Waals surface area contributed by atoms with E-state index in [-0.39, 0.29) is 0 Å². The van der Waals surface area contributed by atoms with E-state index in [2.05, 4.69) is 20.2 Å². The van der Waals surface area contributed by atoms with Gasteiger partial charge in [0.05, 0.1) is 0 Å². The first-order chi connectivity index (χ1) is 12.4. The average Bonchev–Trinajstić information content (AvgIpc) is 3.27. The quantitative estimate of drug-likeness (QED) is 0.714. The van der Waals surface area contributed by atoms with Crippen LogP contribution in [0, 0.1) is 5.92 Å². The first-order valence-electron chi connectivity index (χ1n) is 9.08. The highest BCUT2D eigenvalue weighted by molar-refractivity contribution is 5.72. The van der Waals surface area contributed by atoms with Gasteiger partial charge in [0.15, 0.2) is 11.5 Å². The van der Waals surface area contributed by atoms with Gasteiger partial charge in [0, 0.05) is 25.7 Å². The molecule has 4 rings (SSSR count). The highest BCUT2D eigenvalue weighted by atomic mass is 16.3. The van der Waals surface area contributed by atoms with Gasteiger partial charge in [-0.15, -0.1) is 0 Å². The van der Waals surface area contributed by atoms with Crippen LogP contribution in [0.15, 0.2) is 53.1 Å². The van der Waals surface area contributed by atoms with Gasteiger partial charge in [-0.3, -0.25) is 0 Å². The number of fused-ring (bicyclic) bond motifs is 1. The Morgan fingerprint density at radius 2 is 2.08 bits per heavy atom. The zero-order valence-corrected chi connectivity index (χ0v) is 14.4. The van der Waals surface area contributed by atoms with Crippen molar-refractivity contribution in [3.05, 3.63) is 54.6 Å². The van der Waals surface area contributed by atoms with Crippen molar-refractivity contribution in [3.8, 4) is 0 Å². The summed E-state index contributed by atoms with van der Waals surface area (Å²) in [6.07, 6.45) is 5.08. The number of pyridine rings is 1. The number of hydrogen-bond acceptors (Lipinski definition) is 5. The fourth-order valence-electron chi connectivity index (χ4n) is 3.48. The molecule has 0 saturated carbocycles. The third-order valence-corrected chi connectivity index (χ3v) is 4.81. The van der Waals surface area contributed by atoms with E-state index in [4.69, 9.17) is 4.42 Å². The van der Waals surface area contributed by atoms with Crippen LogP contribution < -0.4 is 5.32 Å². The van der Waals surface area contributed by atoms with Crippen molar-refractivity contribution in [1.82, 2.24) is 14.9 Å². The zero-order chi connectivity index (χ0) is 16.9. The minimum atomic E-state index is 0.700. The predicted molar refractivity (Wildman–Crippen MR) is 99.6 cm³/mol. The second kappa shape index (κ2) is 7.66. The molecule has 0 radical (unpaired) electrons. The Labute approximate surface area is 148 Å². The van der Waals surface area contributed by atoms with Crippen molar-refractivity contribution in [2.24, 2.45) is 5.92 Å². The van der Waals surface area contributed by atoms with Crippen LogP contribution in [0.25, 0.3) is 11.1 Å². The molecular formula is C20H24N4O. The van der Waals surface area contributed by atoms with E-state index in [1.165, 1.54) is 13.0 Å². The van der Waals surface area contributed by atoms with Crippen LogP contribution in [0.3, 0.4) is 0 Å². The topological polar surface area (TPSA) is 54.2 Å². The molecule has 1 aliphatic rings. The standard InChI is InChI=1S/C20H24N4O/c1-2-7-18-17(6-1)23-20(25-18)9-5-12-24-13-10-16(15-24)14-22-19-8-3-4-11-21-19/h1-4,6-8,11,16H,5,9-10,12-15H2,(H,21,22). The van der Waals surface area contributed by atoms with Gasteiger partial charge in [0.1, 0.15) is 11.3 Å². The van der Waals surface area contributed by atoms with Gasteiger partial charge in [0.2, 0.25) is 0 Å². The molecular weight excluding hydrogens is 312 g/mol. The normalized spacial score (nSPS) is 18.0. The molecule has 5 nitrogen and oxygen atoms in total. The Morgan fingerprint density at radius 3 is 2.96 bits per heavy atom. The summed E-state index contributed by atoms with van der Waals surface area (Å²) in [5, 5.41) is 3.44. The molecule has 1 aromatic carbocycles. The number of rotatable bonds is 7. The van der Waals surface area contributed by atoms with E-state index >= 15 is 0 Å². The molecule has 5 heteroatoms. The number of oxazole rings is 1. The summed E-state index contributed by atoms with van der Waals surface area (Å²) in [6, 6.07) is 13.9. The second-order valence-electron chi connectivity index (χ2n) is 6.73. The van der Waals surface area contributed by atoms with Crippen LogP contribution in [0.5, 0.6) is 0 Å². The molecule has 0 bridgehead atoms. The van der Waals surface area contributed by atoms with Gasteiger partial charge < -0.3 is 14.6 Å². The number of aryl methyl sites for hydroxylation is 1. The molecule has 1 unspecified atom stereocenters. The molecule has 25 heavy (non-hydrogen) atoms. The van der Waals surface area contributed by atoms with Crippen molar-refractivity contribution in [3.63, 3.8) is 0 Å². The van der Waals surface area contributed by atoms with E-state index < -0.39 is 0 Å². The van der Waals surface area contributed by atoms with Gasteiger partial charge >= 0.3 is 0 Å². The van der Waals surface area contributed by atoms with Crippen LogP contribution in [0.1, 0.15) is 18.7 Å². The molecule has 1 atom stereocenters. The summed E-state index contributed by atoms with van der Waals surface area (Å²) in [6.45, 7) is 4.45. The summed E-state index contributed by atoms with van der Waals surface area (Å²) in [7, 11) is 0. The lowest BCUT2D eigenvalue weighted by Crippen LogP contribution is -2.24. The van der Waals surface area contributed by atoms with E-state index in [9.17, 15) is 0 Å². The Kier molecular flexibility index (Phi) is 4.93. The molecule has 0 amide bonds. The number of nitrogens with zero attached hydrogens (tertiary/aromatic N) is 3. The van der Waals surface area contributed by atoms with E-state index in [1.807, 2.05) is 48.7 Å². The Balaban J connectivity index is 1.19. The third-order valence-electron chi connectivity index (χ3n) is 4.81. The summed E-state index contributed by atoms with van der Waals surface area (Å²) in [5.41, 5.74) is 1.85. The second-order valence-corrected chi connectivity index (χ2v) is 6.73. The molecule has 3 heterocycles. The average molecular weight is 336 g/mol. The van der Waals surface area contributed by atoms with Gasteiger partial charge in [-0.2, -0.15) is 0 Å². The van der Waals surface area contributed by atoms with Crippen molar-refractivity contribution in [2.45, 2.75) is 19.3 Å². The summed E-state index contributed by atoms with van der Waals surface area (Å²) in [4.78, 5) is 11.4. The van der Waals surface area contributed by atoms with Crippen LogP contribution in [-0.4, -0.2) is 41.0 Å². The van der Waals surface area contributed by atoms with E-state index in [1.54, 1.807) is 0 Å². The molecule has 2 aromatic heterocycles. The lowest BCUT2D eigenvalue weighted by molar-refractivity contribution is 0.317. The number of likely N-dealkylation sites (tertiary alicyclic amines) is 1. The van der Waals surface area contributed by atoms with E-state index in [0.29, 0.717) is 5.92 Å². The SMILES string of the molecule is c1ccc(NCC2CCN(CCCc3nc4ccccc4o3)C2)nc1. The van der Waals surface area contributed by atoms with Gasteiger partial charge in [-0.25, -0.2) is 9.97 Å². The Morgan fingerprint density at radius 1 is 1.16 bits per heavy atom. The monoisotopic (exact) mass is 336 g/mol. The fraction of sp³-hybridized carbons (Fsp3) is 0.400. The number of aromatic nitrogens is 2. The van der Waals surface area contributed by atoms with Crippen LogP contribution in [-0.2, 0) is 6.42 Å². The first-order valence-corrected chi connectivity index (χ1v) is 9.08. The number of para-hydroxylation sites is 2. The number of nitrogens with one attached hydrogen (secondary N) is 1. The molecule has 130 valence electrons. The van der Waals surface area contributed by atoms with Crippen molar-refractivity contribution in [2.75, 3.05) is 31.5 Å². The number of hydrogen-bond donors (Lipinski definition) is 1. The zero-order valence-electron chi connectivity index (χ0n) is 14.4. The lowest BCUT2D eigenvalue weighted by Gasteiger charge is -2.16. The third kappa shape index (κ3) is 4.17. The molecule has 0 aliphatic carbocycles. The maximum atomic E-state index is 5.79. The van der Waals surface area contributed by atoms with Crippen molar-refractivity contribution in [1.29, 1.82) is 0 Å². The Bertz CT molecular complexity index is 769. The fourth-order valence-corrected chi connectivity index (χ4v) is 3.48. The van der Waals surface area contributed by atoms with Gasteiger partial charge in [0.25, 0.3) is 0 Å². The summed E-state index contributed by atoms with van der Waals surface area (Å²) >= 11 is 0.